The van der Waals surface area contributed by atoms with Crippen LogP contribution in [-0.2, 0) is 13.1 Å². The number of para-hydroxylation sites is 1. The Labute approximate surface area is 176 Å². The minimum absolute atomic E-state index is 0.693. The number of nitrogens with one attached hydrogen (secondary N) is 1. The number of H-pyrrole nitrogens is 1. The van der Waals surface area contributed by atoms with Crippen LogP contribution in [-0.4, -0.2) is 41.3 Å². The highest BCUT2D eigenvalue weighted by Crippen LogP contribution is 2.34. The minimum Gasteiger partial charge on any atom is -0.493 e. The Hall–Kier alpha value is -3.38. The van der Waals surface area contributed by atoms with Gasteiger partial charge in [-0.05, 0) is 55.4 Å². The number of aromatic nitrogens is 3. The summed E-state index contributed by atoms with van der Waals surface area (Å²) in [5, 5.41) is 8.21. The largest absolute Gasteiger partial charge is 0.493 e. The number of rotatable bonds is 7. The molecule has 0 fully saturated rings. The molecule has 4 aromatic rings. The number of benzene rings is 2. The van der Waals surface area contributed by atoms with Gasteiger partial charge in [0.15, 0.2) is 11.5 Å². The molecule has 2 heterocycles. The van der Waals surface area contributed by atoms with E-state index in [0.29, 0.717) is 11.5 Å². The summed E-state index contributed by atoms with van der Waals surface area (Å²) >= 11 is 0. The summed E-state index contributed by atoms with van der Waals surface area (Å²) in [6.45, 7) is 3.62. The summed E-state index contributed by atoms with van der Waals surface area (Å²) in [6, 6.07) is 16.5. The Morgan fingerprint density at radius 1 is 0.967 bits per heavy atom. The van der Waals surface area contributed by atoms with Crippen LogP contribution in [0.5, 0.6) is 11.5 Å². The number of ether oxygens (including phenoxy) is 2. The molecule has 0 unspecified atom stereocenters. The Bertz CT molecular complexity index is 1160. The van der Waals surface area contributed by atoms with Crippen LogP contribution in [0.3, 0.4) is 0 Å². The predicted octanol–water partition coefficient (Wildman–Crippen LogP) is 4.58. The molecule has 0 amide bonds. The molecule has 0 aliphatic rings. The van der Waals surface area contributed by atoms with Crippen LogP contribution >= 0.6 is 0 Å². The van der Waals surface area contributed by atoms with Crippen molar-refractivity contribution in [2.24, 2.45) is 0 Å². The molecule has 0 radical (unpaired) electrons. The van der Waals surface area contributed by atoms with Crippen LogP contribution in [0.1, 0.15) is 16.8 Å². The minimum atomic E-state index is 0.693. The van der Waals surface area contributed by atoms with Gasteiger partial charge in [0.05, 0.1) is 25.4 Å². The Kier molecular flexibility index (Phi) is 5.68. The smallest absolute Gasteiger partial charge is 0.161 e. The lowest BCUT2D eigenvalue weighted by molar-refractivity contribution is 0.315. The van der Waals surface area contributed by atoms with E-state index in [1.807, 2.05) is 24.3 Å². The molecule has 0 spiro atoms. The van der Waals surface area contributed by atoms with E-state index in [1.54, 1.807) is 20.4 Å². The number of fused-ring (bicyclic) bond motifs is 1. The molecule has 6 heteroatoms. The van der Waals surface area contributed by atoms with Crippen LogP contribution in [0.15, 0.2) is 54.7 Å². The lowest BCUT2D eigenvalue weighted by Crippen LogP contribution is -2.18. The van der Waals surface area contributed by atoms with Gasteiger partial charge in [0.1, 0.15) is 0 Å². The molecule has 4 rings (SSSR count). The summed E-state index contributed by atoms with van der Waals surface area (Å²) in [4.78, 5) is 7.33. The molecule has 0 aliphatic carbocycles. The molecule has 0 bridgehead atoms. The first kappa shape index (κ1) is 19.9. The SMILES string of the molecule is COc1ccc(-c2nc3c(C)cccc3cc2CN(C)Cc2ccn[nH]2)cc1OC. The predicted molar refractivity (Wildman–Crippen MR) is 119 cm³/mol. The van der Waals surface area contributed by atoms with Gasteiger partial charge >= 0.3 is 0 Å². The quantitative estimate of drug-likeness (QED) is 0.490. The number of hydrogen-bond acceptors (Lipinski definition) is 5. The van der Waals surface area contributed by atoms with Gasteiger partial charge in [-0.25, -0.2) is 4.98 Å². The van der Waals surface area contributed by atoms with Gasteiger partial charge < -0.3 is 9.47 Å². The fraction of sp³-hybridized carbons (Fsp3) is 0.250. The Morgan fingerprint density at radius 3 is 2.53 bits per heavy atom. The number of pyridine rings is 1. The maximum Gasteiger partial charge on any atom is 0.161 e. The van der Waals surface area contributed by atoms with Gasteiger partial charge in [-0.3, -0.25) is 10.00 Å². The van der Waals surface area contributed by atoms with E-state index in [2.05, 4.69) is 53.3 Å². The van der Waals surface area contributed by atoms with Crippen molar-refractivity contribution in [3.8, 4) is 22.8 Å². The van der Waals surface area contributed by atoms with Crippen molar-refractivity contribution in [3.63, 3.8) is 0 Å². The van der Waals surface area contributed by atoms with Crippen molar-refractivity contribution in [3.05, 3.63) is 71.5 Å². The third kappa shape index (κ3) is 4.00. The molecule has 0 saturated carbocycles. The van der Waals surface area contributed by atoms with Crippen molar-refractivity contribution in [2.45, 2.75) is 20.0 Å². The first-order chi connectivity index (χ1) is 14.6. The highest BCUT2D eigenvalue weighted by molar-refractivity contribution is 5.86. The van der Waals surface area contributed by atoms with Crippen molar-refractivity contribution in [1.82, 2.24) is 20.1 Å². The summed E-state index contributed by atoms with van der Waals surface area (Å²) in [7, 11) is 5.39. The molecular formula is C24H26N4O2. The maximum atomic E-state index is 5.53. The second kappa shape index (κ2) is 8.55. The number of nitrogens with zero attached hydrogens (tertiary/aromatic N) is 3. The standard InChI is InChI=1S/C24H26N4O2/c1-16-6-5-7-17-12-19(14-28(2)15-20-10-11-25-27-20)24(26-23(16)17)18-8-9-21(29-3)22(13-18)30-4/h5-13H,14-15H2,1-4H3,(H,25,27). The maximum absolute atomic E-state index is 5.53. The monoisotopic (exact) mass is 402 g/mol. The van der Waals surface area contributed by atoms with Crippen LogP contribution < -0.4 is 9.47 Å². The Morgan fingerprint density at radius 2 is 1.80 bits per heavy atom. The zero-order chi connectivity index (χ0) is 21.1. The number of aromatic amines is 1. The van der Waals surface area contributed by atoms with Crippen molar-refractivity contribution in [1.29, 1.82) is 0 Å². The van der Waals surface area contributed by atoms with Gasteiger partial charge in [-0.15, -0.1) is 0 Å². The molecule has 0 atom stereocenters. The topological polar surface area (TPSA) is 63.3 Å². The van der Waals surface area contributed by atoms with E-state index in [4.69, 9.17) is 14.5 Å². The summed E-state index contributed by atoms with van der Waals surface area (Å²) < 4.78 is 10.9. The van der Waals surface area contributed by atoms with Crippen LogP contribution in [0.25, 0.3) is 22.2 Å². The Balaban J connectivity index is 1.79. The summed E-state index contributed by atoms with van der Waals surface area (Å²) in [6.07, 6.45) is 1.78. The fourth-order valence-corrected chi connectivity index (χ4v) is 3.75. The second-order valence-electron chi connectivity index (χ2n) is 7.47. The highest BCUT2D eigenvalue weighted by Gasteiger charge is 2.15. The average Bonchev–Trinajstić information content (AvgIpc) is 3.26. The molecule has 2 aromatic carbocycles. The summed E-state index contributed by atoms with van der Waals surface area (Å²) in [5.41, 5.74) is 6.36. The van der Waals surface area contributed by atoms with Crippen LogP contribution in [0.2, 0.25) is 0 Å². The fourth-order valence-electron chi connectivity index (χ4n) is 3.75. The third-order valence-corrected chi connectivity index (χ3v) is 5.22. The van der Waals surface area contributed by atoms with Crippen molar-refractivity contribution < 1.29 is 9.47 Å². The lowest BCUT2D eigenvalue weighted by Gasteiger charge is -2.19. The highest BCUT2D eigenvalue weighted by atomic mass is 16.5. The van der Waals surface area contributed by atoms with Gasteiger partial charge in [-0.1, -0.05) is 18.2 Å². The van der Waals surface area contributed by atoms with E-state index < -0.39 is 0 Å². The van der Waals surface area contributed by atoms with Gasteiger partial charge in [0.2, 0.25) is 0 Å². The molecule has 6 nitrogen and oxygen atoms in total. The third-order valence-electron chi connectivity index (χ3n) is 5.22. The molecule has 1 N–H and O–H groups in total. The second-order valence-corrected chi connectivity index (χ2v) is 7.47. The first-order valence-electron chi connectivity index (χ1n) is 9.87. The molecule has 154 valence electrons. The molecule has 0 aliphatic heterocycles. The van der Waals surface area contributed by atoms with Gasteiger partial charge in [0, 0.05) is 35.9 Å². The lowest BCUT2D eigenvalue weighted by atomic mass is 10.0. The molecule has 2 aromatic heterocycles. The van der Waals surface area contributed by atoms with Crippen molar-refractivity contribution in [2.75, 3.05) is 21.3 Å². The van der Waals surface area contributed by atoms with E-state index in [9.17, 15) is 0 Å². The number of aryl methyl sites for hydroxylation is 1. The van der Waals surface area contributed by atoms with E-state index in [-0.39, 0.29) is 0 Å². The van der Waals surface area contributed by atoms with E-state index in [0.717, 1.165) is 52.1 Å². The summed E-state index contributed by atoms with van der Waals surface area (Å²) in [5.74, 6) is 1.40. The number of hydrogen-bond donors (Lipinski definition) is 1. The van der Waals surface area contributed by atoms with Crippen LogP contribution in [0.4, 0.5) is 0 Å². The zero-order valence-corrected chi connectivity index (χ0v) is 17.8. The number of methoxy groups -OCH3 is 2. The molecule has 30 heavy (non-hydrogen) atoms. The van der Waals surface area contributed by atoms with Crippen LogP contribution in [0, 0.1) is 6.92 Å². The van der Waals surface area contributed by atoms with Gasteiger partial charge in [-0.2, -0.15) is 5.10 Å². The molecular weight excluding hydrogens is 376 g/mol. The zero-order valence-electron chi connectivity index (χ0n) is 17.8. The normalized spacial score (nSPS) is 11.2. The van der Waals surface area contributed by atoms with E-state index in [1.165, 1.54) is 0 Å². The molecule has 0 saturated heterocycles. The van der Waals surface area contributed by atoms with Gasteiger partial charge in [0.25, 0.3) is 0 Å². The first-order valence-corrected chi connectivity index (χ1v) is 9.87. The average molecular weight is 402 g/mol. The van der Waals surface area contributed by atoms with Crippen molar-refractivity contribution >= 4 is 10.9 Å². The van der Waals surface area contributed by atoms with E-state index >= 15 is 0 Å².